The average molecular weight is 387 g/mol. The molecule has 2 aromatic carbocycles. The first-order valence-electron chi connectivity index (χ1n) is 7.81. The van der Waals surface area contributed by atoms with Gasteiger partial charge >= 0.3 is 5.97 Å². The van der Waals surface area contributed by atoms with Crippen LogP contribution in [0.4, 0.5) is 0 Å². The predicted molar refractivity (Wildman–Crippen MR) is 101 cm³/mol. The van der Waals surface area contributed by atoms with Crippen molar-refractivity contribution in [1.29, 1.82) is 0 Å². The molecule has 0 fully saturated rings. The van der Waals surface area contributed by atoms with Crippen molar-refractivity contribution in [2.45, 2.75) is 6.61 Å². The number of aromatic nitrogens is 1. The van der Waals surface area contributed by atoms with Crippen LogP contribution in [-0.4, -0.2) is 23.4 Å². The second kappa shape index (κ2) is 8.60. The van der Waals surface area contributed by atoms with Gasteiger partial charge in [0.1, 0.15) is 18.2 Å². The third-order valence-corrected chi connectivity index (χ3v) is 4.72. The zero-order valence-corrected chi connectivity index (χ0v) is 15.2. The van der Waals surface area contributed by atoms with Gasteiger partial charge in [0, 0.05) is 16.5 Å². The zero-order chi connectivity index (χ0) is 18.4. The molecule has 1 N–H and O–H groups in total. The van der Waals surface area contributed by atoms with Gasteiger partial charge in [-0.3, -0.25) is 9.59 Å². The second-order valence-corrected chi connectivity index (χ2v) is 6.60. The molecule has 0 saturated heterocycles. The van der Waals surface area contributed by atoms with Crippen molar-refractivity contribution in [3.8, 4) is 10.6 Å². The largest absolute Gasteiger partial charge is 0.458 e. The second-order valence-electron chi connectivity index (χ2n) is 5.33. The van der Waals surface area contributed by atoms with Crippen LogP contribution in [0.2, 0.25) is 5.02 Å². The molecule has 1 amide bonds. The first-order chi connectivity index (χ1) is 12.6. The highest BCUT2D eigenvalue weighted by atomic mass is 35.5. The van der Waals surface area contributed by atoms with Crippen molar-refractivity contribution in [2.24, 2.45) is 0 Å². The van der Waals surface area contributed by atoms with Gasteiger partial charge < -0.3 is 10.1 Å². The molecule has 3 rings (SSSR count). The van der Waals surface area contributed by atoms with E-state index in [-0.39, 0.29) is 19.1 Å². The molecule has 0 spiro atoms. The van der Waals surface area contributed by atoms with E-state index < -0.39 is 5.97 Å². The van der Waals surface area contributed by atoms with Crippen molar-refractivity contribution >= 4 is 34.8 Å². The van der Waals surface area contributed by atoms with Gasteiger partial charge in [-0.1, -0.05) is 48.0 Å². The Morgan fingerprint density at radius 2 is 1.81 bits per heavy atom. The number of rotatable bonds is 6. The molecule has 1 heterocycles. The monoisotopic (exact) mass is 386 g/mol. The summed E-state index contributed by atoms with van der Waals surface area (Å²) in [7, 11) is 0. The standard InChI is InChI=1S/C19H15ClN2O3S/c20-16-9-5-4-8-15(16)19-22-14(12-26-19)11-25-17(23)10-21-18(24)13-6-2-1-3-7-13/h1-9,12H,10-11H2,(H,21,24). The lowest BCUT2D eigenvalue weighted by Crippen LogP contribution is -2.30. The van der Waals surface area contributed by atoms with Crippen molar-refractivity contribution in [2.75, 3.05) is 6.54 Å². The van der Waals surface area contributed by atoms with Crippen LogP contribution in [0.5, 0.6) is 0 Å². The van der Waals surface area contributed by atoms with Gasteiger partial charge in [0.2, 0.25) is 0 Å². The van der Waals surface area contributed by atoms with E-state index in [1.165, 1.54) is 11.3 Å². The van der Waals surface area contributed by atoms with Crippen LogP contribution < -0.4 is 5.32 Å². The minimum Gasteiger partial charge on any atom is -0.458 e. The van der Waals surface area contributed by atoms with Crippen molar-refractivity contribution < 1.29 is 14.3 Å². The van der Waals surface area contributed by atoms with Crippen LogP contribution in [0.25, 0.3) is 10.6 Å². The summed E-state index contributed by atoms with van der Waals surface area (Å²) in [4.78, 5) is 28.1. The Labute approximate surface area is 159 Å². The number of esters is 1. The zero-order valence-electron chi connectivity index (χ0n) is 13.6. The fourth-order valence-corrected chi connectivity index (χ4v) is 3.31. The van der Waals surface area contributed by atoms with E-state index in [1.54, 1.807) is 30.3 Å². The first-order valence-corrected chi connectivity index (χ1v) is 9.07. The van der Waals surface area contributed by atoms with Crippen LogP contribution in [0.15, 0.2) is 60.0 Å². The third-order valence-electron chi connectivity index (χ3n) is 3.47. The number of nitrogens with zero attached hydrogens (tertiary/aromatic N) is 1. The number of halogens is 1. The number of carbonyl (C=O) groups excluding carboxylic acids is 2. The SMILES string of the molecule is O=C(CNC(=O)c1ccccc1)OCc1csc(-c2ccccc2Cl)n1. The molecular weight excluding hydrogens is 372 g/mol. The molecule has 5 nitrogen and oxygen atoms in total. The molecule has 26 heavy (non-hydrogen) atoms. The third kappa shape index (κ3) is 4.68. The smallest absolute Gasteiger partial charge is 0.325 e. The molecule has 0 aliphatic rings. The summed E-state index contributed by atoms with van der Waals surface area (Å²) >= 11 is 7.59. The van der Waals surface area contributed by atoms with Gasteiger partial charge in [0.05, 0.1) is 10.7 Å². The number of amides is 1. The summed E-state index contributed by atoms with van der Waals surface area (Å²) in [5.41, 5.74) is 1.96. The predicted octanol–water partition coefficient (Wildman–Crippen LogP) is 3.94. The number of thiazole rings is 1. The van der Waals surface area contributed by atoms with Crippen molar-refractivity contribution in [3.63, 3.8) is 0 Å². The summed E-state index contributed by atoms with van der Waals surface area (Å²) in [5, 5.41) is 5.72. The fraction of sp³-hybridized carbons (Fsp3) is 0.105. The van der Waals surface area contributed by atoms with Crippen molar-refractivity contribution in [3.05, 3.63) is 76.3 Å². The molecule has 132 valence electrons. The van der Waals surface area contributed by atoms with Crippen LogP contribution in [0.3, 0.4) is 0 Å². The van der Waals surface area contributed by atoms with Gasteiger partial charge in [0.15, 0.2) is 0 Å². The van der Waals surface area contributed by atoms with Gasteiger partial charge in [-0.2, -0.15) is 0 Å². The lowest BCUT2D eigenvalue weighted by molar-refractivity contribution is -0.143. The Kier molecular flexibility index (Phi) is 5.99. The highest BCUT2D eigenvalue weighted by Crippen LogP contribution is 2.30. The molecule has 0 aliphatic carbocycles. The van der Waals surface area contributed by atoms with Crippen LogP contribution in [-0.2, 0) is 16.1 Å². The quantitative estimate of drug-likeness (QED) is 0.651. The normalized spacial score (nSPS) is 10.3. The van der Waals surface area contributed by atoms with Gasteiger partial charge in [-0.15, -0.1) is 11.3 Å². The lowest BCUT2D eigenvalue weighted by atomic mass is 10.2. The summed E-state index contributed by atoms with van der Waals surface area (Å²) in [6.07, 6.45) is 0. The summed E-state index contributed by atoms with van der Waals surface area (Å²) in [6, 6.07) is 16.1. The van der Waals surface area contributed by atoms with E-state index in [0.717, 1.165) is 10.6 Å². The number of hydrogen-bond donors (Lipinski definition) is 1. The number of carbonyl (C=O) groups is 2. The Morgan fingerprint density at radius 1 is 1.08 bits per heavy atom. The van der Waals surface area contributed by atoms with Crippen LogP contribution >= 0.6 is 22.9 Å². The van der Waals surface area contributed by atoms with E-state index in [9.17, 15) is 9.59 Å². The number of nitrogens with one attached hydrogen (secondary N) is 1. The van der Waals surface area contributed by atoms with E-state index in [0.29, 0.717) is 16.3 Å². The van der Waals surface area contributed by atoms with E-state index in [2.05, 4.69) is 10.3 Å². The number of benzene rings is 2. The maximum atomic E-state index is 11.9. The molecule has 0 aliphatic heterocycles. The molecule has 1 aromatic heterocycles. The number of ether oxygens (including phenoxy) is 1. The summed E-state index contributed by atoms with van der Waals surface area (Å²) in [6.45, 7) is -0.157. The van der Waals surface area contributed by atoms with Gasteiger partial charge in [-0.05, 0) is 18.2 Å². The Morgan fingerprint density at radius 3 is 2.58 bits per heavy atom. The molecule has 0 atom stereocenters. The molecule has 7 heteroatoms. The van der Waals surface area contributed by atoms with Gasteiger partial charge in [-0.25, -0.2) is 4.98 Å². The first kappa shape index (κ1) is 18.1. The lowest BCUT2D eigenvalue weighted by Gasteiger charge is -2.05. The maximum Gasteiger partial charge on any atom is 0.325 e. The Balaban J connectivity index is 1.49. The van der Waals surface area contributed by atoms with Crippen LogP contribution in [0.1, 0.15) is 16.1 Å². The molecule has 0 radical (unpaired) electrons. The number of hydrogen-bond acceptors (Lipinski definition) is 5. The maximum absolute atomic E-state index is 11.9. The molecular formula is C19H15ClN2O3S. The Bertz CT molecular complexity index is 912. The van der Waals surface area contributed by atoms with E-state index in [1.807, 2.05) is 29.6 Å². The summed E-state index contributed by atoms with van der Waals surface area (Å²) < 4.78 is 5.15. The topological polar surface area (TPSA) is 68.3 Å². The molecule has 0 saturated carbocycles. The highest BCUT2D eigenvalue weighted by molar-refractivity contribution is 7.13. The highest BCUT2D eigenvalue weighted by Gasteiger charge is 2.11. The van der Waals surface area contributed by atoms with E-state index >= 15 is 0 Å². The van der Waals surface area contributed by atoms with E-state index in [4.69, 9.17) is 16.3 Å². The Hall–Kier alpha value is -2.70. The van der Waals surface area contributed by atoms with Crippen LogP contribution in [0, 0.1) is 0 Å². The molecule has 0 bridgehead atoms. The minimum absolute atomic E-state index is 0.0427. The molecule has 3 aromatic rings. The fourth-order valence-electron chi connectivity index (χ4n) is 2.18. The minimum atomic E-state index is -0.526. The average Bonchev–Trinajstić information content (AvgIpc) is 3.14. The summed E-state index contributed by atoms with van der Waals surface area (Å²) in [5.74, 6) is -0.848. The van der Waals surface area contributed by atoms with Gasteiger partial charge in [0.25, 0.3) is 5.91 Å². The van der Waals surface area contributed by atoms with Crippen molar-refractivity contribution in [1.82, 2.24) is 10.3 Å². The molecule has 0 unspecified atom stereocenters.